The molecule has 3 atom stereocenters. The number of benzene rings is 1. The van der Waals surface area contributed by atoms with Crippen molar-refractivity contribution in [3.05, 3.63) is 35.9 Å². The Morgan fingerprint density at radius 3 is 2.90 bits per heavy atom. The first kappa shape index (κ1) is 15.6. The first-order valence-electron chi connectivity index (χ1n) is 7.73. The van der Waals surface area contributed by atoms with Gasteiger partial charge in [-0.25, -0.2) is 0 Å². The topological polar surface area (TPSA) is 38.3 Å². The number of hydrogen-bond acceptors (Lipinski definition) is 2. The van der Waals surface area contributed by atoms with Gasteiger partial charge in [0.15, 0.2) is 0 Å². The Bertz CT molecular complexity index is 510. The Morgan fingerprint density at radius 2 is 2.14 bits per heavy atom. The molecule has 0 radical (unpaired) electrons. The van der Waals surface area contributed by atoms with E-state index >= 15 is 0 Å². The van der Waals surface area contributed by atoms with Crippen molar-refractivity contribution in [2.75, 3.05) is 7.11 Å². The van der Waals surface area contributed by atoms with Crippen LogP contribution in [0.4, 0.5) is 0 Å². The summed E-state index contributed by atoms with van der Waals surface area (Å²) < 4.78 is 5.17. The summed E-state index contributed by atoms with van der Waals surface area (Å²) in [5.74, 6) is 2.02. The molecule has 3 nitrogen and oxygen atoms in total. The Balaban J connectivity index is 1.93. The van der Waals surface area contributed by atoms with Gasteiger partial charge >= 0.3 is 0 Å². The molecule has 1 N–H and O–H groups in total. The standard InChI is InChI=1S/C18H25NO2/c1-13-6-4-9-17(14(13)2)19-18(20)11-10-15-7-5-8-16(12-15)21-3/h5,7-8,10-14,17H,4,6,9H2,1-3H3,(H,19,20)/b11-10+/t13-,14-,17+/m1/s1. The lowest BCUT2D eigenvalue weighted by atomic mass is 9.78. The van der Waals surface area contributed by atoms with Crippen molar-refractivity contribution in [2.24, 2.45) is 11.8 Å². The van der Waals surface area contributed by atoms with E-state index < -0.39 is 0 Å². The summed E-state index contributed by atoms with van der Waals surface area (Å²) in [4.78, 5) is 12.1. The Morgan fingerprint density at radius 1 is 1.33 bits per heavy atom. The maximum Gasteiger partial charge on any atom is 0.244 e. The molecule has 0 aliphatic heterocycles. The lowest BCUT2D eigenvalue weighted by molar-refractivity contribution is -0.117. The Kier molecular flexibility index (Phi) is 5.43. The van der Waals surface area contributed by atoms with E-state index in [0.717, 1.165) is 17.7 Å². The van der Waals surface area contributed by atoms with Crippen LogP contribution >= 0.6 is 0 Å². The van der Waals surface area contributed by atoms with Crippen molar-refractivity contribution in [3.63, 3.8) is 0 Å². The van der Waals surface area contributed by atoms with Crippen LogP contribution in [0.2, 0.25) is 0 Å². The largest absolute Gasteiger partial charge is 0.497 e. The highest BCUT2D eigenvalue weighted by Gasteiger charge is 2.27. The lowest BCUT2D eigenvalue weighted by Gasteiger charge is -2.34. The fourth-order valence-corrected chi connectivity index (χ4v) is 2.93. The van der Waals surface area contributed by atoms with E-state index in [0.29, 0.717) is 17.9 Å². The van der Waals surface area contributed by atoms with Crippen LogP contribution in [0.3, 0.4) is 0 Å². The van der Waals surface area contributed by atoms with Crippen LogP contribution in [0.1, 0.15) is 38.7 Å². The van der Waals surface area contributed by atoms with Crippen molar-refractivity contribution < 1.29 is 9.53 Å². The van der Waals surface area contributed by atoms with Gasteiger partial charge in [0, 0.05) is 12.1 Å². The molecule has 1 fully saturated rings. The summed E-state index contributed by atoms with van der Waals surface area (Å²) in [7, 11) is 1.64. The van der Waals surface area contributed by atoms with Crippen molar-refractivity contribution in [1.82, 2.24) is 5.32 Å². The van der Waals surface area contributed by atoms with Gasteiger partial charge in [-0.15, -0.1) is 0 Å². The molecule has 1 aliphatic rings. The normalized spacial score (nSPS) is 25.8. The number of rotatable bonds is 4. The number of amides is 1. The van der Waals surface area contributed by atoms with Gasteiger partial charge in [-0.1, -0.05) is 38.8 Å². The van der Waals surface area contributed by atoms with E-state index in [9.17, 15) is 4.79 Å². The first-order chi connectivity index (χ1) is 10.1. The molecule has 114 valence electrons. The molecule has 1 amide bonds. The number of nitrogens with one attached hydrogen (secondary N) is 1. The second kappa shape index (κ2) is 7.30. The van der Waals surface area contributed by atoms with Gasteiger partial charge < -0.3 is 10.1 Å². The zero-order valence-corrected chi connectivity index (χ0v) is 13.1. The van der Waals surface area contributed by atoms with Crippen molar-refractivity contribution in [3.8, 4) is 5.75 Å². The molecular weight excluding hydrogens is 262 g/mol. The van der Waals surface area contributed by atoms with E-state index in [1.165, 1.54) is 12.8 Å². The summed E-state index contributed by atoms with van der Waals surface area (Å²) in [6.45, 7) is 4.51. The predicted octanol–water partition coefficient (Wildman–Crippen LogP) is 3.65. The van der Waals surface area contributed by atoms with Crippen LogP contribution in [0, 0.1) is 11.8 Å². The summed E-state index contributed by atoms with van der Waals surface area (Å²) >= 11 is 0. The fourth-order valence-electron chi connectivity index (χ4n) is 2.93. The molecule has 2 rings (SSSR count). The minimum Gasteiger partial charge on any atom is -0.497 e. The first-order valence-corrected chi connectivity index (χ1v) is 7.73. The maximum absolute atomic E-state index is 12.1. The van der Waals surface area contributed by atoms with Crippen LogP contribution < -0.4 is 10.1 Å². The quantitative estimate of drug-likeness (QED) is 0.858. The molecular formula is C18H25NO2. The van der Waals surface area contributed by atoms with E-state index in [2.05, 4.69) is 19.2 Å². The van der Waals surface area contributed by atoms with Crippen LogP contribution in [-0.2, 0) is 4.79 Å². The molecule has 1 saturated carbocycles. The number of carbonyl (C=O) groups is 1. The van der Waals surface area contributed by atoms with Gasteiger partial charge in [0.05, 0.1) is 7.11 Å². The highest BCUT2D eigenvalue weighted by molar-refractivity contribution is 5.92. The van der Waals surface area contributed by atoms with Gasteiger partial charge in [0.2, 0.25) is 5.91 Å². The van der Waals surface area contributed by atoms with Gasteiger partial charge in [-0.2, -0.15) is 0 Å². The van der Waals surface area contributed by atoms with Crippen LogP contribution in [0.25, 0.3) is 6.08 Å². The van der Waals surface area contributed by atoms with E-state index in [1.807, 2.05) is 30.3 Å². The molecule has 0 bridgehead atoms. The lowest BCUT2D eigenvalue weighted by Crippen LogP contribution is -2.43. The number of hydrogen-bond donors (Lipinski definition) is 1. The van der Waals surface area contributed by atoms with Gasteiger partial charge in [-0.3, -0.25) is 4.79 Å². The molecule has 3 heteroatoms. The maximum atomic E-state index is 12.1. The highest BCUT2D eigenvalue weighted by Crippen LogP contribution is 2.29. The minimum absolute atomic E-state index is 0.0104. The summed E-state index contributed by atoms with van der Waals surface area (Å²) in [6.07, 6.45) is 7.00. The molecule has 1 aromatic rings. The molecule has 1 aromatic carbocycles. The zero-order valence-electron chi connectivity index (χ0n) is 13.1. The SMILES string of the molecule is COc1cccc(/C=C/C(=O)N[C@H]2CCC[C@@H](C)[C@H]2C)c1. The monoisotopic (exact) mass is 287 g/mol. The third kappa shape index (κ3) is 4.35. The third-order valence-corrected chi connectivity index (χ3v) is 4.56. The van der Waals surface area contributed by atoms with Crippen LogP contribution in [0.15, 0.2) is 30.3 Å². The second-order valence-corrected chi connectivity index (χ2v) is 5.99. The molecule has 0 unspecified atom stereocenters. The van der Waals surface area contributed by atoms with E-state index in [4.69, 9.17) is 4.74 Å². The zero-order chi connectivity index (χ0) is 15.2. The average molecular weight is 287 g/mol. The minimum atomic E-state index is -0.0104. The van der Waals surface area contributed by atoms with E-state index in [1.54, 1.807) is 13.2 Å². The summed E-state index contributed by atoms with van der Waals surface area (Å²) in [5.41, 5.74) is 0.967. The molecule has 0 aromatic heterocycles. The second-order valence-electron chi connectivity index (χ2n) is 5.99. The molecule has 0 heterocycles. The third-order valence-electron chi connectivity index (χ3n) is 4.56. The van der Waals surface area contributed by atoms with Crippen molar-refractivity contribution in [1.29, 1.82) is 0 Å². The number of ether oxygens (including phenoxy) is 1. The molecule has 1 aliphatic carbocycles. The Hall–Kier alpha value is -1.77. The Labute approximate surface area is 127 Å². The van der Waals surface area contributed by atoms with Crippen LogP contribution in [-0.4, -0.2) is 19.1 Å². The number of methoxy groups -OCH3 is 1. The molecule has 21 heavy (non-hydrogen) atoms. The summed E-state index contributed by atoms with van der Waals surface area (Å²) in [6, 6.07) is 7.98. The fraction of sp³-hybridized carbons (Fsp3) is 0.500. The van der Waals surface area contributed by atoms with Crippen LogP contribution in [0.5, 0.6) is 5.75 Å². The van der Waals surface area contributed by atoms with E-state index in [-0.39, 0.29) is 5.91 Å². The van der Waals surface area contributed by atoms with Gasteiger partial charge in [0.1, 0.15) is 5.75 Å². The van der Waals surface area contributed by atoms with Gasteiger partial charge in [0.25, 0.3) is 0 Å². The predicted molar refractivity (Wildman–Crippen MR) is 86.1 cm³/mol. The van der Waals surface area contributed by atoms with Gasteiger partial charge in [-0.05, 0) is 42.0 Å². The van der Waals surface area contributed by atoms with Crippen molar-refractivity contribution >= 4 is 12.0 Å². The highest BCUT2D eigenvalue weighted by atomic mass is 16.5. The summed E-state index contributed by atoms with van der Waals surface area (Å²) in [5, 5.41) is 3.14. The smallest absolute Gasteiger partial charge is 0.244 e. The molecule has 0 spiro atoms. The molecule has 0 saturated heterocycles. The van der Waals surface area contributed by atoms with Crippen molar-refractivity contribution in [2.45, 2.75) is 39.2 Å². The number of carbonyl (C=O) groups excluding carboxylic acids is 1. The average Bonchev–Trinajstić information content (AvgIpc) is 2.50.